The normalized spacial score (nSPS) is 20.4. The molecule has 1 aliphatic rings. The number of hydrogen-bond donors (Lipinski definition) is 1. The number of nitrogens with zero attached hydrogens (tertiary/aromatic N) is 2. The molecule has 1 aromatic rings. The summed E-state index contributed by atoms with van der Waals surface area (Å²) in [6.07, 6.45) is 0.848. The maximum absolute atomic E-state index is 12.6. The maximum Gasteiger partial charge on any atom is 0.243 e. The third kappa shape index (κ3) is 3.01. The summed E-state index contributed by atoms with van der Waals surface area (Å²) in [5.74, 6) is 0. The molecular formula is C13H19N3O2S2. The summed E-state index contributed by atoms with van der Waals surface area (Å²) in [6, 6.07) is 6.78. The van der Waals surface area contributed by atoms with E-state index in [9.17, 15) is 8.42 Å². The Kier molecular flexibility index (Phi) is 4.43. The molecule has 0 amide bonds. The van der Waals surface area contributed by atoms with Gasteiger partial charge in [-0.2, -0.15) is 4.31 Å². The lowest BCUT2D eigenvalue weighted by atomic mass is 10.2. The van der Waals surface area contributed by atoms with Crippen LogP contribution in [0, 0.1) is 0 Å². The molecule has 0 radical (unpaired) electrons. The highest BCUT2D eigenvalue weighted by molar-refractivity contribution is 7.89. The summed E-state index contributed by atoms with van der Waals surface area (Å²) in [7, 11) is 0.463. The van der Waals surface area contributed by atoms with Crippen LogP contribution in [0.4, 0.5) is 0 Å². The molecule has 2 rings (SSSR count). The van der Waals surface area contributed by atoms with Crippen molar-refractivity contribution in [2.75, 3.05) is 27.2 Å². The average Bonchev–Trinajstić information content (AvgIpc) is 2.89. The van der Waals surface area contributed by atoms with E-state index in [-0.39, 0.29) is 15.9 Å². The van der Waals surface area contributed by atoms with E-state index in [4.69, 9.17) is 18.0 Å². The Labute approximate surface area is 125 Å². The monoisotopic (exact) mass is 313 g/mol. The first kappa shape index (κ1) is 15.4. The van der Waals surface area contributed by atoms with E-state index in [2.05, 4.69) is 4.90 Å². The fraction of sp³-hybridized carbons (Fsp3) is 0.462. The highest BCUT2D eigenvalue weighted by atomic mass is 32.2. The van der Waals surface area contributed by atoms with E-state index in [0.717, 1.165) is 6.42 Å². The zero-order valence-electron chi connectivity index (χ0n) is 11.6. The van der Waals surface area contributed by atoms with Crippen LogP contribution in [-0.2, 0) is 10.0 Å². The topological polar surface area (TPSA) is 66.6 Å². The first-order valence-corrected chi connectivity index (χ1v) is 8.23. The number of thiocarbonyl (C=S) groups is 1. The summed E-state index contributed by atoms with van der Waals surface area (Å²) >= 11 is 4.89. The Morgan fingerprint density at radius 3 is 2.70 bits per heavy atom. The van der Waals surface area contributed by atoms with Gasteiger partial charge in [0.15, 0.2) is 0 Å². The van der Waals surface area contributed by atoms with Crippen LogP contribution in [0.2, 0.25) is 0 Å². The molecule has 1 unspecified atom stereocenters. The van der Waals surface area contributed by atoms with Crippen LogP contribution < -0.4 is 5.73 Å². The molecule has 0 aromatic heterocycles. The molecule has 1 aromatic carbocycles. The van der Waals surface area contributed by atoms with Gasteiger partial charge in [-0.3, -0.25) is 0 Å². The van der Waals surface area contributed by atoms with Gasteiger partial charge in [0.2, 0.25) is 10.0 Å². The zero-order chi connectivity index (χ0) is 14.9. The van der Waals surface area contributed by atoms with Crippen molar-refractivity contribution in [2.24, 2.45) is 5.73 Å². The van der Waals surface area contributed by atoms with Gasteiger partial charge < -0.3 is 10.6 Å². The number of likely N-dealkylation sites (N-methyl/N-ethyl adjacent to an activating group) is 1. The van der Waals surface area contributed by atoms with Gasteiger partial charge in [-0.1, -0.05) is 24.4 Å². The van der Waals surface area contributed by atoms with Crippen molar-refractivity contribution >= 4 is 27.2 Å². The number of nitrogens with two attached hydrogens (primary N) is 1. The highest BCUT2D eigenvalue weighted by Gasteiger charge is 2.33. The summed E-state index contributed by atoms with van der Waals surface area (Å²) < 4.78 is 26.7. The lowest BCUT2D eigenvalue weighted by Gasteiger charge is -2.20. The fourth-order valence-electron chi connectivity index (χ4n) is 2.31. The first-order valence-electron chi connectivity index (χ1n) is 6.39. The number of hydrogen-bond acceptors (Lipinski definition) is 4. The molecular weight excluding hydrogens is 294 g/mol. The number of rotatable bonds is 4. The molecule has 7 heteroatoms. The number of benzene rings is 1. The Balaban J connectivity index is 2.27. The largest absolute Gasteiger partial charge is 0.389 e. The third-order valence-electron chi connectivity index (χ3n) is 3.61. The number of sulfonamides is 1. The lowest BCUT2D eigenvalue weighted by molar-refractivity contribution is 0.302. The summed E-state index contributed by atoms with van der Waals surface area (Å²) in [4.78, 5) is 2.51. The van der Waals surface area contributed by atoms with Crippen LogP contribution >= 0.6 is 12.2 Å². The SMILES string of the molecule is CN(C)C1CCN(S(=O)(=O)c2cccc(C(N)=S)c2)C1. The molecule has 1 heterocycles. The van der Waals surface area contributed by atoms with Gasteiger partial charge in [-0.05, 0) is 32.6 Å². The van der Waals surface area contributed by atoms with Gasteiger partial charge >= 0.3 is 0 Å². The van der Waals surface area contributed by atoms with E-state index in [1.165, 1.54) is 4.31 Å². The van der Waals surface area contributed by atoms with Crippen molar-refractivity contribution in [2.45, 2.75) is 17.4 Å². The van der Waals surface area contributed by atoms with E-state index < -0.39 is 10.0 Å². The quantitative estimate of drug-likeness (QED) is 0.827. The second kappa shape index (κ2) is 5.77. The predicted octanol–water partition coefficient (Wildman–Crippen LogP) is 0.645. The van der Waals surface area contributed by atoms with Gasteiger partial charge in [-0.25, -0.2) is 8.42 Å². The molecule has 0 bridgehead atoms. The molecule has 1 atom stereocenters. The van der Waals surface area contributed by atoms with Crippen molar-refractivity contribution in [3.05, 3.63) is 29.8 Å². The lowest BCUT2D eigenvalue weighted by Crippen LogP contribution is -2.34. The Morgan fingerprint density at radius 2 is 2.15 bits per heavy atom. The summed E-state index contributed by atoms with van der Waals surface area (Å²) in [5, 5.41) is 0. The fourth-order valence-corrected chi connectivity index (χ4v) is 3.97. The minimum atomic E-state index is -3.47. The van der Waals surface area contributed by atoms with Crippen LogP contribution in [0.1, 0.15) is 12.0 Å². The maximum atomic E-state index is 12.6. The second-order valence-electron chi connectivity index (χ2n) is 5.16. The summed E-state index contributed by atoms with van der Waals surface area (Å²) in [6.45, 7) is 1.06. The van der Waals surface area contributed by atoms with Crippen LogP contribution in [0.3, 0.4) is 0 Å². The smallest absolute Gasteiger partial charge is 0.243 e. The second-order valence-corrected chi connectivity index (χ2v) is 7.54. The van der Waals surface area contributed by atoms with Crippen molar-refractivity contribution in [1.82, 2.24) is 9.21 Å². The molecule has 0 aliphatic carbocycles. The zero-order valence-corrected chi connectivity index (χ0v) is 13.2. The molecule has 110 valence electrons. The van der Waals surface area contributed by atoms with Gasteiger partial charge in [-0.15, -0.1) is 0 Å². The van der Waals surface area contributed by atoms with Crippen LogP contribution in [0.15, 0.2) is 29.2 Å². The van der Waals surface area contributed by atoms with Crippen molar-refractivity contribution < 1.29 is 8.42 Å². The van der Waals surface area contributed by atoms with Gasteiger partial charge in [0, 0.05) is 24.7 Å². The predicted molar refractivity (Wildman–Crippen MR) is 83.2 cm³/mol. The summed E-state index contributed by atoms with van der Waals surface area (Å²) in [5.41, 5.74) is 6.13. The molecule has 1 fully saturated rings. The van der Waals surface area contributed by atoms with E-state index in [1.54, 1.807) is 24.3 Å². The van der Waals surface area contributed by atoms with Crippen LogP contribution in [0.25, 0.3) is 0 Å². The third-order valence-corrected chi connectivity index (χ3v) is 5.71. The Bertz CT molecular complexity index is 614. The van der Waals surface area contributed by atoms with Crippen LogP contribution in [-0.4, -0.2) is 55.8 Å². The Hall–Kier alpha value is -1.02. The minimum Gasteiger partial charge on any atom is -0.389 e. The molecule has 0 saturated carbocycles. The van der Waals surface area contributed by atoms with Crippen molar-refractivity contribution in [1.29, 1.82) is 0 Å². The van der Waals surface area contributed by atoms with E-state index in [1.807, 2.05) is 14.1 Å². The van der Waals surface area contributed by atoms with Gasteiger partial charge in [0.05, 0.1) is 4.90 Å². The first-order chi connectivity index (χ1) is 9.32. The van der Waals surface area contributed by atoms with E-state index >= 15 is 0 Å². The molecule has 20 heavy (non-hydrogen) atoms. The van der Waals surface area contributed by atoms with E-state index in [0.29, 0.717) is 18.7 Å². The highest BCUT2D eigenvalue weighted by Crippen LogP contribution is 2.23. The molecule has 5 nitrogen and oxygen atoms in total. The molecule has 2 N–H and O–H groups in total. The van der Waals surface area contributed by atoms with Crippen LogP contribution in [0.5, 0.6) is 0 Å². The minimum absolute atomic E-state index is 0.203. The molecule has 0 spiro atoms. The molecule has 1 aliphatic heterocycles. The Morgan fingerprint density at radius 1 is 1.45 bits per heavy atom. The van der Waals surface area contributed by atoms with Gasteiger partial charge in [0.25, 0.3) is 0 Å². The van der Waals surface area contributed by atoms with Crippen molar-refractivity contribution in [3.8, 4) is 0 Å². The standard InChI is InChI=1S/C13H19N3O2S2/c1-15(2)11-6-7-16(9-11)20(17,18)12-5-3-4-10(8-12)13(14)19/h3-5,8,11H,6-7,9H2,1-2H3,(H2,14,19). The molecule has 1 saturated heterocycles. The van der Waals surface area contributed by atoms with Crippen molar-refractivity contribution in [3.63, 3.8) is 0 Å². The van der Waals surface area contributed by atoms with Gasteiger partial charge in [0.1, 0.15) is 4.99 Å². The average molecular weight is 313 g/mol.